The number of hydrogen-bond acceptors (Lipinski definition) is 2. The monoisotopic (exact) mass is 267 g/mol. The second-order valence-electron chi connectivity index (χ2n) is 5.82. The number of nitrogens with zero attached hydrogens (tertiary/aromatic N) is 1. The molecule has 0 aliphatic carbocycles. The minimum absolute atomic E-state index is 0.189. The average molecular weight is 267 g/mol. The van der Waals surface area contributed by atoms with Crippen molar-refractivity contribution in [1.29, 1.82) is 0 Å². The molecule has 102 valence electrons. The first-order valence-electron chi connectivity index (χ1n) is 6.88. The lowest BCUT2D eigenvalue weighted by Gasteiger charge is -2.39. The van der Waals surface area contributed by atoms with Crippen LogP contribution in [-0.4, -0.2) is 22.3 Å². The molecule has 2 amide bonds. The van der Waals surface area contributed by atoms with Crippen molar-refractivity contribution in [2.45, 2.75) is 32.7 Å². The number of carbonyl (C=O) groups excluding carboxylic acids is 2. The fourth-order valence-corrected chi connectivity index (χ4v) is 2.74. The van der Waals surface area contributed by atoms with Crippen molar-refractivity contribution in [3.63, 3.8) is 0 Å². The molecule has 3 heteroatoms. The summed E-state index contributed by atoms with van der Waals surface area (Å²) >= 11 is 0. The molecule has 0 radical (unpaired) electrons. The van der Waals surface area contributed by atoms with Gasteiger partial charge in [0.1, 0.15) is 0 Å². The maximum absolute atomic E-state index is 12.7. The Kier molecular flexibility index (Phi) is 2.68. The van der Waals surface area contributed by atoms with Crippen LogP contribution < -0.4 is 0 Å². The van der Waals surface area contributed by atoms with E-state index in [4.69, 9.17) is 0 Å². The maximum atomic E-state index is 12.7. The van der Waals surface area contributed by atoms with Gasteiger partial charge in [-0.3, -0.25) is 14.5 Å². The zero-order valence-corrected chi connectivity index (χ0v) is 11.9. The summed E-state index contributed by atoms with van der Waals surface area (Å²) in [6.07, 6.45) is 0.725. The molecule has 0 atom stereocenters. The van der Waals surface area contributed by atoms with Crippen LogP contribution in [0.2, 0.25) is 0 Å². The highest BCUT2D eigenvalue weighted by Crippen LogP contribution is 2.34. The van der Waals surface area contributed by atoms with E-state index in [0.29, 0.717) is 11.1 Å². The number of imide groups is 1. The third-order valence-electron chi connectivity index (χ3n) is 4.24. The van der Waals surface area contributed by atoms with E-state index in [2.05, 4.69) is 0 Å². The van der Waals surface area contributed by atoms with Crippen LogP contribution in [0.5, 0.6) is 0 Å². The molecule has 2 aromatic carbocycles. The molecule has 3 rings (SSSR count). The highest BCUT2D eigenvalue weighted by atomic mass is 16.2. The lowest BCUT2D eigenvalue weighted by molar-refractivity contribution is 0.0427. The molecule has 0 aromatic heterocycles. The Balaban J connectivity index is 2.32. The number of benzene rings is 2. The van der Waals surface area contributed by atoms with Gasteiger partial charge in [0.05, 0.1) is 0 Å². The molecule has 20 heavy (non-hydrogen) atoms. The maximum Gasteiger partial charge on any atom is 0.261 e. The Morgan fingerprint density at radius 1 is 0.950 bits per heavy atom. The number of hydrogen-bond donors (Lipinski definition) is 0. The van der Waals surface area contributed by atoms with Crippen molar-refractivity contribution in [2.75, 3.05) is 0 Å². The van der Waals surface area contributed by atoms with Crippen LogP contribution in [0, 0.1) is 0 Å². The SMILES string of the molecule is CCC(C)(C)N1C(=O)c2cccc3cccc(c23)C1=O. The number of amides is 2. The van der Waals surface area contributed by atoms with Crippen LogP contribution >= 0.6 is 0 Å². The topological polar surface area (TPSA) is 37.4 Å². The summed E-state index contributed by atoms with van der Waals surface area (Å²) in [7, 11) is 0. The first-order valence-corrected chi connectivity index (χ1v) is 6.88. The normalized spacial score (nSPS) is 15.1. The Bertz CT molecular complexity index is 680. The lowest BCUT2D eigenvalue weighted by atomic mass is 9.89. The van der Waals surface area contributed by atoms with E-state index in [9.17, 15) is 9.59 Å². The van der Waals surface area contributed by atoms with Gasteiger partial charge >= 0.3 is 0 Å². The molecule has 0 saturated heterocycles. The Hall–Kier alpha value is -2.16. The molecule has 2 aromatic rings. The Labute approximate surface area is 118 Å². The van der Waals surface area contributed by atoms with Gasteiger partial charge in [-0.05, 0) is 37.8 Å². The van der Waals surface area contributed by atoms with E-state index in [1.165, 1.54) is 4.90 Å². The first-order chi connectivity index (χ1) is 9.47. The molecule has 1 aliphatic heterocycles. The molecule has 1 heterocycles. The second kappa shape index (κ2) is 4.17. The van der Waals surface area contributed by atoms with Crippen LogP contribution in [0.4, 0.5) is 0 Å². The van der Waals surface area contributed by atoms with Crippen molar-refractivity contribution in [3.8, 4) is 0 Å². The molecular weight excluding hydrogens is 250 g/mol. The van der Waals surface area contributed by atoms with Gasteiger partial charge in [0, 0.05) is 22.1 Å². The summed E-state index contributed by atoms with van der Waals surface area (Å²) in [5, 5.41) is 1.73. The summed E-state index contributed by atoms with van der Waals surface area (Å²) in [6.45, 7) is 5.84. The summed E-state index contributed by atoms with van der Waals surface area (Å²) in [4.78, 5) is 26.9. The minimum Gasteiger partial charge on any atom is -0.269 e. The molecule has 3 nitrogen and oxygen atoms in total. The Morgan fingerprint density at radius 2 is 1.45 bits per heavy atom. The predicted molar refractivity (Wildman–Crippen MR) is 78.8 cm³/mol. The van der Waals surface area contributed by atoms with Gasteiger partial charge in [-0.1, -0.05) is 31.2 Å². The fourth-order valence-electron chi connectivity index (χ4n) is 2.74. The highest BCUT2D eigenvalue weighted by molar-refractivity contribution is 6.25. The predicted octanol–water partition coefficient (Wildman–Crippen LogP) is 3.62. The summed E-state index contributed by atoms with van der Waals surface area (Å²) in [6, 6.07) is 11.2. The van der Waals surface area contributed by atoms with E-state index < -0.39 is 5.54 Å². The Morgan fingerprint density at radius 3 is 1.90 bits per heavy atom. The average Bonchev–Trinajstić information content (AvgIpc) is 2.44. The summed E-state index contributed by atoms with van der Waals surface area (Å²) in [5.74, 6) is -0.377. The molecular formula is C17H17NO2. The van der Waals surface area contributed by atoms with Gasteiger partial charge in [0.2, 0.25) is 0 Å². The molecule has 1 aliphatic rings. The number of rotatable bonds is 2. The second-order valence-corrected chi connectivity index (χ2v) is 5.82. The van der Waals surface area contributed by atoms with E-state index in [1.807, 2.05) is 45.0 Å². The molecule has 0 unspecified atom stereocenters. The van der Waals surface area contributed by atoms with Gasteiger partial charge in [0.25, 0.3) is 11.8 Å². The van der Waals surface area contributed by atoms with Crippen molar-refractivity contribution < 1.29 is 9.59 Å². The zero-order chi connectivity index (χ0) is 14.5. The van der Waals surface area contributed by atoms with Gasteiger partial charge in [-0.2, -0.15) is 0 Å². The molecule has 0 bridgehead atoms. The third-order valence-corrected chi connectivity index (χ3v) is 4.24. The van der Waals surface area contributed by atoms with Crippen molar-refractivity contribution >= 4 is 22.6 Å². The largest absolute Gasteiger partial charge is 0.269 e. The van der Waals surface area contributed by atoms with Crippen LogP contribution in [0.25, 0.3) is 10.8 Å². The van der Waals surface area contributed by atoms with Gasteiger partial charge in [-0.15, -0.1) is 0 Å². The molecule has 0 spiro atoms. The van der Waals surface area contributed by atoms with Crippen LogP contribution in [0.15, 0.2) is 36.4 Å². The van der Waals surface area contributed by atoms with Crippen LogP contribution in [0.1, 0.15) is 47.9 Å². The quantitative estimate of drug-likeness (QED) is 0.779. The standard InChI is InChI=1S/C17H17NO2/c1-4-17(2,3)18-15(19)12-9-5-7-11-8-6-10-13(14(11)12)16(18)20/h5-10H,4H2,1-3H3. The first kappa shape index (κ1) is 12.9. The molecule has 0 N–H and O–H groups in total. The molecule has 0 fully saturated rings. The van der Waals surface area contributed by atoms with Gasteiger partial charge < -0.3 is 0 Å². The highest BCUT2D eigenvalue weighted by Gasteiger charge is 2.40. The molecule has 0 saturated carbocycles. The van der Waals surface area contributed by atoms with Gasteiger partial charge in [0.15, 0.2) is 0 Å². The fraction of sp³-hybridized carbons (Fsp3) is 0.294. The van der Waals surface area contributed by atoms with Crippen molar-refractivity contribution in [3.05, 3.63) is 47.5 Å². The van der Waals surface area contributed by atoms with Crippen molar-refractivity contribution in [2.24, 2.45) is 0 Å². The summed E-state index contributed by atoms with van der Waals surface area (Å²) < 4.78 is 0. The summed E-state index contributed by atoms with van der Waals surface area (Å²) in [5.41, 5.74) is 0.766. The third kappa shape index (κ3) is 1.59. The zero-order valence-electron chi connectivity index (χ0n) is 11.9. The van der Waals surface area contributed by atoms with E-state index >= 15 is 0 Å². The number of carbonyl (C=O) groups is 2. The van der Waals surface area contributed by atoms with Gasteiger partial charge in [-0.25, -0.2) is 0 Å². The van der Waals surface area contributed by atoms with Crippen molar-refractivity contribution in [1.82, 2.24) is 4.90 Å². The van der Waals surface area contributed by atoms with E-state index in [1.54, 1.807) is 12.1 Å². The van der Waals surface area contributed by atoms with Crippen LogP contribution in [0.3, 0.4) is 0 Å². The lowest BCUT2D eigenvalue weighted by Crippen LogP contribution is -2.52. The smallest absolute Gasteiger partial charge is 0.261 e. The van der Waals surface area contributed by atoms with E-state index in [-0.39, 0.29) is 11.8 Å². The minimum atomic E-state index is -0.482. The van der Waals surface area contributed by atoms with E-state index in [0.717, 1.165) is 17.2 Å². The van der Waals surface area contributed by atoms with Crippen LogP contribution in [-0.2, 0) is 0 Å².